The van der Waals surface area contributed by atoms with Crippen LogP contribution in [0.25, 0.3) is 0 Å². The second kappa shape index (κ2) is 10.1. The molecule has 0 aromatic carbocycles. The lowest BCUT2D eigenvalue weighted by Crippen LogP contribution is -2.22. The van der Waals surface area contributed by atoms with Crippen molar-refractivity contribution in [3.8, 4) is 0 Å². The first kappa shape index (κ1) is 15.9. The van der Waals surface area contributed by atoms with E-state index < -0.39 is 12.1 Å². The summed E-state index contributed by atoms with van der Waals surface area (Å²) in [7, 11) is 0. The molecule has 0 radical (unpaired) electrons. The first-order valence-electron chi connectivity index (χ1n) is 6.06. The molecule has 1 atom stereocenters. The third kappa shape index (κ3) is 9.81. The molecule has 0 heterocycles. The quantitative estimate of drug-likeness (QED) is 0.492. The molecule has 0 unspecified atom stereocenters. The van der Waals surface area contributed by atoms with Gasteiger partial charge in [-0.3, -0.25) is 4.79 Å². The summed E-state index contributed by atoms with van der Waals surface area (Å²) in [5, 5.41) is 9.13. The zero-order valence-electron chi connectivity index (χ0n) is 10.6. The Balaban J connectivity index is 3.24. The molecule has 0 fully saturated rings. The Hall–Kier alpha value is -1.10. The van der Waals surface area contributed by atoms with Crippen LogP contribution in [0.1, 0.15) is 46.0 Å². The lowest BCUT2D eigenvalue weighted by atomic mass is 10.2. The number of ether oxygens (including phenoxy) is 2. The van der Waals surface area contributed by atoms with Crippen molar-refractivity contribution in [2.24, 2.45) is 0 Å². The Morgan fingerprint density at radius 1 is 1.06 bits per heavy atom. The molecule has 0 aliphatic carbocycles. The number of hydrogen-bond donors (Lipinski definition) is 1. The molecule has 0 aromatic rings. The molecule has 17 heavy (non-hydrogen) atoms. The summed E-state index contributed by atoms with van der Waals surface area (Å²) in [5.74, 6) is -0.806. The van der Waals surface area contributed by atoms with Crippen LogP contribution in [-0.4, -0.2) is 36.4 Å². The van der Waals surface area contributed by atoms with E-state index >= 15 is 0 Å². The maximum Gasteiger partial charge on any atom is 0.334 e. The summed E-state index contributed by atoms with van der Waals surface area (Å²) in [6.07, 6.45) is 2.81. The first-order chi connectivity index (χ1) is 8.07. The SMILES string of the molecule is CC[C@@H](O)C(=O)OCCCCCCOC(C)=O. The topological polar surface area (TPSA) is 72.8 Å². The Labute approximate surface area is 102 Å². The van der Waals surface area contributed by atoms with Gasteiger partial charge in [-0.1, -0.05) is 6.92 Å². The van der Waals surface area contributed by atoms with Gasteiger partial charge in [0.15, 0.2) is 6.10 Å². The molecule has 5 heteroatoms. The van der Waals surface area contributed by atoms with Gasteiger partial charge in [0.1, 0.15) is 0 Å². The zero-order chi connectivity index (χ0) is 13.1. The van der Waals surface area contributed by atoms with Crippen molar-refractivity contribution in [3.05, 3.63) is 0 Å². The van der Waals surface area contributed by atoms with E-state index in [1.807, 2.05) is 0 Å². The molecule has 0 aromatic heterocycles. The molecule has 0 bridgehead atoms. The summed E-state index contributed by atoms with van der Waals surface area (Å²) in [5.41, 5.74) is 0. The van der Waals surface area contributed by atoms with Crippen LogP contribution < -0.4 is 0 Å². The van der Waals surface area contributed by atoms with Gasteiger partial charge in [0.25, 0.3) is 0 Å². The molecular weight excluding hydrogens is 224 g/mol. The van der Waals surface area contributed by atoms with E-state index in [-0.39, 0.29) is 5.97 Å². The van der Waals surface area contributed by atoms with E-state index in [0.717, 1.165) is 25.7 Å². The van der Waals surface area contributed by atoms with Crippen molar-refractivity contribution in [2.75, 3.05) is 13.2 Å². The van der Waals surface area contributed by atoms with Crippen molar-refractivity contribution in [2.45, 2.75) is 52.1 Å². The van der Waals surface area contributed by atoms with E-state index in [0.29, 0.717) is 19.6 Å². The number of aliphatic hydroxyl groups excluding tert-OH is 1. The van der Waals surface area contributed by atoms with Gasteiger partial charge >= 0.3 is 11.9 Å². The highest BCUT2D eigenvalue weighted by molar-refractivity contribution is 5.74. The molecule has 0 aliphatic rings. The van der Waals surface area contributed by atoms with Gasteiger partial charge in [0, 0.05) is 6.92 Å². The summed E-state index contributed by atoms with van der Waals surface area (Å²) in [6.45, 7) is 3.90. The van der Waals surface area contributed by atoms with Crippen molar-refractivity contribution in [1.29, 1.82) is 0 Å². The summed E-state index contributed by atoms with van der Waals surface area (Å²) in [6, 6.07) is 0. The number of carbonyl (C=O) groups excluding carboxylic acids is 2. The third-order valence-corrected chi connectivity index (χ3v) is 2.25. The molecule has 0 aliphatic heterocycles. The lowest BCUT2D eigenvalue weighted by molar-refractivity contribution is -0.153. The van der Waals surface area contributed by atoms with Crippen LogP contribution in [0.4, 0.5) is 0 Å². The first-order valence-corrected chi connectivity index (χ1v) is 6.06. The predicted molar refractivity (Wildman–Crippen MR) is 62.4 cm³/mol. The van der Waals surface area contributed by atoms with Crippen molar-refractivity contribution < 1.29 is 24.2 Å². The smallest absolute Gasteiger partial charge is 0.334 e. The van der Waals surface area contributed by atoms with E-state index in [1.165, 1.54) is 6.92 Å². The zero-order valence-corrected chi connectivity index (χ0v) is 10.6. The van der Waals surface area contributed by atoms with E-state index in [2.05, 4.69) is 0 Å². The Bertz CT molecular complexity index is 227. The highest BCUT2D eigenvalue weighted by atomic mass is 16.5. The van der Waals surface area contributed by atoms with Crippen LogP contribution in [0, 0.1) is 0 Å². The largest absolute Gasteiger partial charge is 0.466 e. The van der Waals surface area contributed by atoms with Gasteiger partial charge in [0.05, 0.1) is 13.2 Å². The molecule has 0 saturated heterocycles. The summed E-state index contributed by atoms with van der Waals surface area (Å²) < 4.78 is 9.64. The fraction of sp³-hybridized carbons (Fsp3) is 0.833. The summed E-state index contributed by atoms with van der Waals surface area (Å²) >= 11 is 0. The monoisotopic (exact) mass is 246 g/mol. The van der Waals surface area contributed by atoms with Crippen LogP contribution >= 0.6 is 0 Å². The van der Waals surface area contributed by atoms with Gasteiger partial charge in [-0.2, -0.15) is 0 Å². The van der Waals surface area contributed by atoms with Crippen molar-refractivity contribution >= 4 is 11.9 Å². The fourth-order valence-electron chi connectivity index (χ4n) is 1.21. The number of rotatable bonds is 9. The molecule has 1 N–H and O–H groups in total. The van der Waals surface area contributed by atoms with Gasteiger partial charge in [-0.05, 0) is 32.1 Å². The predicted octanol–water partition coefficient (Wildman–Crippen LogP) is 1.42. The van der Waals surface area contributed by atoms with Gasteiger partial charge in [-0.15, -0.1) is 0 Å². The second-order valence-electron chi connectivity index (χ2n) is 3.85. The second-order valence-corrected chi connectivity index (χ2v) is 3.85. The maximum atomic E-state index is 11.1. The van der Waals surface area contributed by atoms with Gasteiger partial charge in [0.2, 0.25) is 0 Å². The van der Waals surface area contributed by atoms with E-state index in [9.17, 15) is 9.59 Å². The Morgan fingerprint density at radius 3 is 2.06 bits per heavy atom. The average Bonchev–Trinajstić information content (AvgIpc) is 2.30. The molecule has 0 spiro atoms. The van der Waals surface area contributed by atoms with E-state index in [4.69, 9.17) is 14.6 Å². The number of hydrogen-bond acceptors (Lipinski definition) is 5. The molecule has 100 valence electrons. The maximum absolute atomic E-state index is 11.1. The van der Waals surface area contributed by atoms with E-state index in [1.54, 1.807) is 6.92 Å². The highest BCUT2D eigenvalue weighted by Crippen LogP contribution is 2.02. The van der Waals surface area contributed by atoms with Crippen LogP contribution in [0.2, 0.25) is 0 Å². The molecule has 0 rings (SSSR count). The molecule has 5 nitrogen and oxygen atoms in total. The molecule has 0 saturated carbocycles. The number of aliphatic hydroxyl groups is 1. The summed E-state index contributed by atoms with van der Waals surface area (Å²) in [4.78, 5) is 21.5. The minimum absolute atomic E-state index is 0.257. The van der Waals surface area contributed by atoms with Gasteiger partial charge in [-0.25, -0.2) is 4.79 Å². The van der Waals surface area contributed by atoms with Gasteiger partial charge < -0.3 is 14.6 Å². The average molecular weight is 246 g/mol. The highest BCUT2D eigenvalue weighted by Gasteiger charge is 2.12. The van der Waals surface area contributed by atoms with Crippen LogP contribution in [0.3, 0.4) is 0 Å². The Morgan fingerprint density at radius 2 is 1.59 bits per heavy atom. The van der Waals surface area contributed by atoms with Crippen LogP contribution in [0.5, 0.6) is 0 Å². The minimum Gasteiger partial charge on any atom is -0.466 e. The lowest BCUT2D eigenvalue weighted by Gasteiger charge is -2.08. The number of unbranched alkanes of at least 4 members (excludes halogenated alkanes) is 3. The molecule has 0 amide bonds. The molecular formula is C12H22O5. The number of carbonyl (C=O) groups is 2. The van der Waals surface area contributed by atoms with Crippen molar-refractivity contribution in [1.82, 2.24) is 0 Å². The normalized spacial score (nSPS) is 11.9. The fourth-order valence-corrected chi connectivity index (χ4v) is 1.21. The van der Waals surface area contributed by atoms with Crippen LogP contribution in [0.15, 0.2) is 0 Å². The Kier molecular flexibility index (Phi) is 9.43. The number of esters is 2. The standard InChI is InChI=1S/C12H22O5/c1-3-11(14)12(15)17-9-7-5-4-6-8-16-10(2)13/h11,14H,3-9H2,1-2H3/t11-/m1/s1. The third-order valence-electron chi connectivity index (χ3n) is 2.25. The van der Waals surface area contributed by atoms with Crippen LogP contribution in [-0.2, 0) is 19.1 Å². The minimum atomic E-state index is -1.00. The van der Waals surface area contributed by atoms with Crippen molar-refractivity contribution in [3.63, 3.8) is 0 Å².